The second kappa shape index (κ2) is 8.95. The Hall–Kier alpha value is -1.20. The number of hydrogen-bond acceptors (Lipinski definition) is 4. The van der Waals surface area contributed by atoms with Gasteiger partial charge in [0.25, 0.3) is 0 Å². The summed E-state index contributed by atoms with van der Waals surface area (Å²) in [7, 11) is -1.98. The van der Waals surface area contributed by atoms with Crippen molar-refractivity contribution in [1.29, 1.82) is 0 Å². The Kier molecular flexibility index (Phi) is 8.43. The summed E-state index contributed by atoms with van der Waals surface area (Å²) >= 11 is 0. The molecule has 4 nitrogen and oxygen atoms in total. The van der Waals surface area contributed by atoms with Crippen LogP contribution < -0.4 is 0 Å². The fraction of sp³-hybridized carbons (Fsp3) is 0.625. The maximum absolute atomic E-state index is 11.7. The smallest absolute Gasteiger partial charge is 0.308 e. The molecule has 0 aromatic rings. The molecule has 0 aliphatic rings. The van der Waals surface area contributed by atoms with Gasteiger partial charge in [-0.25, -0.2) is 0 Å². The van der Waals surface area contributed by atoms with Gasteiger partial charge in [0.2, 0.25) is 0 Å². The van der Waals surface area contributed by atoms with Gasteiger partial charge in [-0.1, -0.05) is 39.0 Å². The van der Waals surface area contributed by atoms with Crippen LogP contribution >= 0.6 is 0 Å². The Bertz CT molecular complexity index is 392. The molecule has 0 rings (SSSR count). The first-order chi connectivity index (χ1) is 9.64. The van der Waals surface area contributed by atoms with Crippen molar-refractivity contribution in [2.24, 2.45) is 0 Å². The van der Waals surface area contributed by atoms with E-state index >= 15 is 0 Å². The highest BCUT2D eigenvalue weighted by Crippen LogP contribution is 2.37. The number of hydrogen-bond donors (Lipinski definition) is 0. The van der Waals surface area contributed by atoms with Crippen LogP contribution in [0, 0.1) is 0 Å². The van der Waals surface area contributed by atoms with Crippen LogP contribution in [0.2, 0.25) is 18.1 Å². The number of aldehydes is 1. The van der Waals surface area contributed by atoms with Gasteiger partial charge in [0, 0.05) is 0 Å². The molecule has 0 radical (unpaired) electrons. The zero-order chi connectivity index (χ0) is 16.5. The molecule has 0 aliphatic heterocycles. The highest BCUT2D eigenvalue weighted by Gasteiger charge is 2.39. The van der Waals surface area contributed by atoms with Crippen LogP contribution in [0.5, 0.6) is 0 Å². The lowest BCUT2D eigenvalue weighted by Crippen LogP contribution is -2.44. The van der Waals surface area contributed by atoms with E-state index in [9.17, 15) is 9.59 Å². The van der Waals surface area contributed by atoms with Crippen LogP contribution in [0.4, 0.5) is 0 Å². The van der Waals surface area contributed by atoms with E-state index in [2.05, 4.69) is 33.9 Å². The highest BCUT2D eigenvalue weighted by atomic mass is 28.4. The normalized spacial score (nSPS) is 14.6. The van der Waals surface area contributed by atoms with Gasteiger partial charge in [0.1, 0.15) is 6.29 Å². The highest BCUT2D eigenvalue weighted by molar-refractivity contribution is 6.74. The summed E-state index contributed by atoms with van der Waals surface area (Å²) in [4.78, 5) is 21.9. The van der Waals surface area contributed by atoms with Gasteiger partial charge in [0.15, 0.2) is 8.32 Å². The fourth-order valence-corrected chi connectivity index (χ4v) is 2.66. The van der Waals surface area contributed by atoms with E-state index in [1.54, 1.807) is 25.2 Å². The van der Waals surface area contributed by atoms with Crippen molar-refractivity contribution >= 4 is 20.6 Å². The molecule has 0 aromatic carbocycles. The monoisotopic (exact) mass is 312 g/mol. The molecule has 0 N–H and O–H groups in total. The molecule has 0 unspecified atom stereocenters. The number of allylic oxidation sites excluding steroid dienone is 3. The first kappa shape index (κ1) is 19.8. The van der Waals surface area contributed by atoms with Gasteiger partial charge in [-0.2, -0.15) is 0 Å². The summed E-state index contributed by atoms with van der Waals surface area (Å²) in [6, 6.07) is 0. The van der Waals surface area contributed by atoms with Crippen LogP contribution in [-0.4, -0.2) is 33.3 Å². The summed E-state index contributed by atoms with van der Waals surface area (Å²) in [5.41, 5.74) is 0. The van der Waals surface area contributed by atoms with Gasteiger partial charge in [-0.05, 0) is 31.1 Å². The lowest BCUT2D eigenvalue weighted by atomic mass is 10.2. The van der Waals surface area contributed by atoms with Gasteiger partial charge in [-0.3, -0.25) is 9.59 Å². The molecule has 0 heterocycles. The van der Waals surface area contributed by atoms with Crippen molar-refractivity contribution in [3.05, 3.63) is 24.3 Å². The first-order valence-corrected chi connectivity index (χ1v) is 10.2. The molecule has 0 fully saturated rings. The second-order valence-corrected chi connectivity index (χ2v) is 11.1. The molecule has 21 heavy (non-hydrogen) atoms. The van der Waals surface area contributed by atoms with E-state index < -0.39 is 8.32 Å². The van der Waals surface area contributed by atoms with E-state index in [1.807, 2.05) is 0 Å². The van der Waals surface area contributed by atoms with Crippen LogP contribution in [0.15, 0.2) is 24.3 Å². The number of ether oxygens (including phenoxy) is 1. The molecular weight excluding hydrogens is 284 g/mol. The third-order valence-corrected chi connectivity index (χ3v) is 8.06. The maximum Gasteiger partial charge on any atom is 0.308 e. The molecule has 0 aromatic heterocycles. The molecule has 0 bridgehead atoms. The summed E-state index contributed by atoms with van der Waals surface area (Å²) in [6.07, 6.45) is 7.11. The molecule has 5 heteroatoms. The lowest BCUT2D eigenvalue weighted by Gasteiger charge is -2.38. The summed E-state index contributed by atoms with van der Waals surface area (Å²) in [6.45, 7) is 12.9. The summed E-state index contributed by atoms with van der Waals surface area (Å²) in [5.74, 6) is -0.273. The average Bonchev–Trinajstić information content (AvgIpc) is 2.32. The number of rotatable bonds is 8. The lowest BCUT2D eigenvalue weighted by molar-refractivity contribution is -0.144. The van der Waals surface area contributed by atoms with E-state index in [0.29, 0.717) is 12.9 Å². The molecular formula is C16H28O4Si. The van der Waals surface area contributed by atoms with Gasteiger partial charge < -0.3 is 9.16 Å². The molecule has 0 saturated heterocycles. The predicted molar refractivity (Wildman–Crippen MR) is 87.7 cm³/mol. The van der Waals surface area contributed by atoms with Crippen molar-refractivity contribution in [2.75, 3.05) is 6.61 Å². The SMILES string of the molecule is CCOC(=O)C[C@H](/C=C/C=C/C=O)O[Si](C)(C)C(C)(C)C. The van der Waals surface area contributed by atoms with Crippen molar-refractivity contribution in [3.8, 4) is 0 Å². The minimum absolute atomic E-state index is 0.0619. The van der Waals surface area contributed by atoms with Crippen LogP contribution in [0.3, 0.4) is 0 Å². The average molecular weight is 312 g/mol. The first-order valence-electron chi connectivity index (χ1n) is 7.26. The fourth-order valence-electron chi connectivity index (χ4n) is 1.39. The van der Waals surface area contributed by atoms with Crippen LogP contribution in [0.1, 0.15) is 34.1 Å². The molecule has 120 valence electrons. The zero-order valence-corrected chi connectivity index (χ0v) is 15.0. The van der Waals surface area contributed by atoms with E-state index in [-0.39, 0.29) is 23.5 Å². The van der Waals surface area contributed by atoms with Gasteiger partial charge in [-0.15, -0.1) is 0 Å². The van der Waals surface area contributed by atoms with E-state index in [1.165, 1.54) is 6.08 Å². The number of carbonyl (C=O) groups is 2. The molecule has 0 amide bonds. The van der Waals surface area contributed by atoms with Crippen molar-refractivity contribution in [2.45, 2.75) is 58.4 Å². The van der Waals surface area contributed by atoms with Crippen LogP contribution in [0.25, 0.3) is 0 Å². The maximum atomic E-state index is 11.7. The largest absolute Gasteiger partial charge is 0.466 e. The molecule has 0 aliphatic carbocycles. The van der Waals surface area contributed by atoms with Crippen molar-refractivity contribution in [1.82, 2.24) is 0 Å². The van der Waals surface area contributed by atoms with Crippen molar-refractivity contribution < 1.29 is 18.8 Å². The minimum Gasteiger partial charge on any atom is -0.466 e. The Balaban J connectivity index is 4.95. The Morgan fingerprint density at radius 1 is 1.19 bits per heavy atom. The zero-order valence-electron chi connectivity index (χ0n) is 14.0. The van der Waals surface area contributed by atoms with E-state index in [4.69, 9.17) is 9.16 Å². The second-order valence-electron chi connectivity index (χ2n) is 6.33. The van der Waals surface area contributed by atoms with Crippen LogP contribution in [-0.2, 0) is 18.8 Å². The van der Waals surface area contributed by atoms with Gasteiger partial charge in [0.05, 0.1) is 19.1 Å². The predicted octanol–water partition coefficient (Wildman–Crippen LogP) is 3.64. The summed E-state index contributed by atoms with van der Waals surface area (Å²) < 4.78 is 11.2. The Morgan fingerprint density at radius 2 is 1.81 bits per heavy atom. The molecule has 0 saturated carbocycles. The quantitative estimate of drug-likeness (QED) is 0.226. The topological polar surface area (TPSA) is 52.6 Å². The minimum atomic E-state index is -1.98. The summed E-state index contributed by atoms with van der Waals surface area (Å²) in [5, 5.41) is 0.0619. The van der Waals surface area contributed by atoms with E-state index in [0.717, 1.165) is 0 Å². The number of esters is 1. The standard InChI is InChI=1S/C16H28O4Si/c1-7-19-15(18)13-14(11-9-8-10-12-17)20-21(5,6)16(2,3)4/h8-12,14H,7,13H2,1-6H3/b10-8+,11-9+/t14-/m0/s1. The third kappa shape index (κ3) is 7.97. The third-order valence-electron chi connectivity index (χ3n) is 3.55. The number of carbonyl (C=O) groups excluding carboxylic acids is 2. The van der Waals surface area contributed by atoms with Crippen molar-refractivity contribution in [3.63, 3.8) is 0 Å². The molecule has 1 atom stereocenters. The molecule has 0 spiro atoms. The Labute approximate surface area is 129 Å². The van der Waals surface area contributed by atoms with Gasteiger partial charge >= 0.3 is 5.97 Å². The Morgan fingerprint density at radius 3 is 2.29 bits per heavy atom.